The lowest BCUT2D eigenvalue weighted by molar-refractivity contribution is 0.153. The first kappa shape index (κ1) is 18.5. The van der Waals surface area contributed by atoms with Crippen LogP contribution in [-0.4, -0.2) is 50.5 Å². The molecule has 1 aliphatic rings. The molecule has 0 aliphatic carbocycles. The van der Waals surface area contributed by atoms with Crippen LogP contribution in [0, 0.1) is 0 Å². The molecular weight excluding hydrogens is 302 g/mol. The quantitative estimate of drug-likeness (QED) is 0.387. The maximum atomic E-state index is 9.64. The van der Waals surface area contributed by atoms with E-state index in [2.05, 4.69) is 28.6 Å². The van der Waals surface area contributed by atoms with Gasteiger partial charge in [-0.15, -0.1) is 0 Å². The van der Waals surface area contributed by atoms with Gasteiger partial charge in [-0.3, -0.25) is 4.99 Å². The number of benzene rings is 1. The minimum Gasteiger partial charge on any atom is -0.396 e. The molecule has 24 heavy (non-hydrogen) atoms. The highest BCUT2D eigenvalue weighted by atomic mass is 16.5. The average molecular weight is 331 g/mol. The molecule has 0 fully saturated rings. The normalized spacial score (nSPS) is 16.4. The van der Waals surface area contributed by atoms with Crippen molar-refractivity contribution < 1.29 is 9.84 Å². The molecule has 1 heterocycles. The van der Waals surface area contributed by atoms with Gasteiger partial charge < -0.3 is 20.5 Å². The van der Waals surface area contributed by atoms with Crippen LogP contribution < -0.4 is 10.6 Å². The van der Waals surface area contributed by atoms with Gasteiger partial charge in [0.05, 0.1) is 26.4 Å². The van der Waals surface area contributed by atoms with E-state index in [1.54, 1.807) is 0 Å². The first-order valence-corrected chi connectivity index (χ1v) is 8.77. The summed E-state index contributed by atoms with van der Waals surface area (Å²) in [6.07, 6.45) is 4.21. The predicted octanol–water partition coefficient (Wildman–Crippen LogP) is 2.05. The van der Waals surface area contributed by atoms with Gasteiger partial charge in [-0.05, 0) is 25.3 Å². The van der Waals surface area contributed by atoms with Crippen molar-refractivity contribution in [2.45, 2.75) is 25.7 Å². The van der Waals surface area contributed by atoms with E-state index in [9.17, 15) is 5.11 Å². The van der Waals surface area contributed by atoms with Crippen LogP contribution in [0.4, 0.5) is 0 Å². The molecule has 1 unspecified atom stereocenters. The van der Waals surface area contributed by atoms with Gasteiger partial charge in [0.1, 0.15) is 0 Å². The summed E-state index contributed by atoms with van der Waals surface area (Å²) in [5.74, 6) is 0.833. The smallest absolute Gasteiger partial charge is 0.191 e. The number of hydrogen-bond donors (Lipinski definition) is 3. The number of ether oxygens (including phenoxy) is 1. The number of hydrogen-bond acceptors (Lipinski definition) is 3. The molecule has 5 heteroatoms. The topological polar surface area (TPSA) is 65.9 Å². The number of rotatable bonds is 8. The van der Waals surface area contributed by atoms with Crippen LogP contribution in [0.25, 0.3) is 0 Å². The Kier molecular flexibility index (Phi) is 8.35. The van der Waals surface area contributed by atoms with E-state index >= 15 is 0 Å². The van der Waals surface area contributed by atoms with E-state index in [1.165, 1.54) is 5.57 Å². The van der Waals surface area contributed by atoms with E-state index in [1.807, 2.05) is 30.3 Å². The van der Waals surface area contributed by atoms with Crippen LogP contribution in [0.15, 0.2) is 47.0 Å². The molecule has 0 bridgehead atoms. The van der Waals surface area contributed by atoms with E-state index in [-0.39, 0.29) is 12.5 Å². The molecule has 2 rings (SSSR count). The molecule has 3 N–H and O–H groups in total. The number of nitrogens with one attached hydrogen (secondary N) is 2. The van der Waals surface area contributed by atoms with Crippen LogP contribution in [0.3, 0.4) is 0 Å². The fourth-order valence-corrected chi connectivity index (χ4v) is 2.67. The fourth-order valence-electron chi connectivity index (χ4n) is 2.67. The van der Waals surface area contributed by atoms with Gasteiger partial charge in [0, 0.05) is 19.0 Å². The standard InChI is InChI=1S/C19H29N3O2/c1-2-20-19(21-11-8-16-9-12-24-13-10-16)22-14-18(15-23)17-6-4-3-5-7-17/h3-7,9,18,23H,2,8,10-15H2,1H3,(H2,20,21,22). The van der Waals surface area contributed by atoms with E-state index in [0.29, 0.717) is 6.54 Å². The third-order valence-electron chi connectivity index (χ3n) is 4.10. The predicted molar refractivity (Wildman–Crippen MR) is 98.4 cm³/mol. The van der Waals surface area contributed by atoms with Crippen molar-refractivity contribution in [3.8, 4) is 0 Å². The zero-order valence-corrected chi connectivity index (χ0v) is 14.5. The second-order valence-electron chi connectivity index (χ2n) is 5.87. The first-order valence-electron chi connectivity index (χ1n) is 8.77. The highest BCUT2D eigenvalue weighted by molar-refractivity contribution is 5.79. The molecular formula is C19H29N3O2. The summed E-state index contributed by atoms with van der Waals surface area (Å²) in [4.78, 5) is 4.63. The van der Waals surface area contributed by atoms with Crippen molar-refractivity contribution in [2.24, 2.45) is 4.99 Å². The van der Waals surface area contributed by atoms with Crippen molar-refractivity contribution in [1.82, 2.24) is 10.6 Å². The Morgan fingerprint density at radius 2 is 2.12 bits per heavy atom. The van der Waals surface area contributed by atoms with Crippen LogP contribution in [0.5, 0.6) is 0 Å². The lowest BCUT2D eigenvalue weighted by Crippen LogP contribution is -2.38. The minimum atomic E-state index is 0.0276. The molecule has 0 aromatic heterocycles. The second-order valence-corrected chi connectivity index (χ2v) is 5.87. The van der Waals surface area contributed by atoms with Gasteiger partial charge in [-0.1, -0.05) is 42.0 Å². The summed E-state index contributed by atoms with van der Waals surface area (Å²) in [5, 5.41) is 16.3. The van der Waals surface area contributed by atoms with Gasteiger partial charge in [-0.25, -0.2) is 0 Å². The lowest BCUT2D eigenvalue weighted by Gasteiger charge is -2.17. The molecule has 0 saturated carbocycles. The highest BCUT2D eigenvalue weighted by Crippen LogP contribution is 2.15. The maximum absolute atomic E-state index is 9.64. The molecule has 0 radical (unpaired) electrons. The molecule has 5 nitrogen and oxygen atoms in total. The first-order chi connectivity index (χ1) is 11.8. The molecule has 1 aromatic carbocycles. The Morgan fingerprint density at radius 1 is 1.29 bits per heavy atom. The van der Waals surface area contributed by atoms with Gasteiger partial charge >= 0.3 is 0 Å². The Balaban J connectivity index is 1.85. The molecule has 1 atom stereocenters. The Labute approximate surface area is 144 Å². The number of nitrogens with zero attached hydrogens (tertiary/aromatic N) is 1. The highest BCUT2D eigenvalue weighted by Gasteiger charge is 2.10. The molecule has 1 aliphatic heterocycles. The van der Waals surface area contributed by atoms with E-state index in [4.69, 9.17) is 4.74 Å². The number of aliphatic hydroxyl groups is 1. The van der Waals surface area contributed by atoms with Crippen LogP contribution >= 0.6 is 0 Å². The lowest BCUT2D eigenvalue weighted by atomic mass is 10.0. The largest absolute Gasteiger partial charge is 0.396 e. The molecule has 1 aromatic rings. The SMILES string of the molecule is CCNC(=NCC(CO)c1ccccc1)NCCC1=CCOCC1. The van der Waals surface area contributed by atoms with Gasteiger partial charge in [0.15, 0.2) is 5.96 Å². The Bertz CT molecular complexity index is 529. The number of aliphatic imine (C=N–C) groups is 1. The maximum Gasteiger partial charge on any atom is 0.191 e. The average Bonchev–Trinajstić information content (AvgIpc) is 2.64. The Morgan fingerprint density at radius 3 is 2.79 bits per heavy atom. The second kappa shape index (κ2) is 10.8. The third kappa shape index (κ3) is 6.34. The van der Waals surface area contributed by atoms with Crippen LogP contribution in [0.1, 0.15) is 31.2 Å². The van der Waals surface area contributed by atoms with Gasteiger partial charge in [0.25, 0.3) is 0 Å². The van der Waals surface area contributed by atoms with Crippen molar-refractivity contribution in [2.75, 3.05) is 39.5 Å². The van der Waals surface area contributed by atoms with E-state index in [0.717, 1.165) is 50.7 Å². The summed E-state index contributed by atoms with van der Waals surface area (Å²) in [7, 11) is 0. The van der Waals surface area contributed by atoms with Crippen LogP contribution in [0.2, 0.25) is 0 Å². The minimum absolute atomic E-state index is 0.0276. The van der Waals surface area contributed by atoms with Crippen molar-refractivity contribution in [3.05, 3.63) is 47.5 Å². The number of guanidine groups is 1. The fraction of sp³-hybridized carbons (Fsp3) is 0.526. The Hall–Kier alpha value is -1.85. The van der Waals surface area contributed by atoms with Gasteiger partial charge in [0.2, 0.25) is 0 Å². The van der Waals surface area contributed by atoms with Gasteiger partial charge in [-0.2, -0.15) is 0 Å². The molecule has 0 amide bonds. The van der Waals surface area contributed by atoms with Crippen LogP contribution in [-0.2, 0) is 4.74 Å². The molecule has 132 valence electrons. The molecule has 0 saturated heterocycles. The van der Waals surface area contributed by atoms with Crippen molar-refractivity contribution in [3.63, 3.8) is 0 Å². The summed E-state index contributed by atoms with van der Waals surface area (Å²) in [6.45, 7) is 5.95. The summed E-state index contributed by atoms with van der Waals surface area (Å²) in [5.41, 5.74) is 2.56. The summed E-state index contributed by atoms with van der Waals surface area (Å²) in [6, 6.07) is 10.0. The zero-order chi connectivity index (χ0) is 17.0. The third-order valence-corrected chi connectivity index (χ3v) is 4.10. The van der Waals surface area contributed by atoms with Crippen molar-refractivity contribution in [1.29, 1.82) is 0 Å². The zero-order valence-electron chi connectivity index (χ0n) is 14.5. The summed E-state index contributed by atoms with van der Waals surface area (Å²) < 4.78 is 5.33. The van der Waals surface area contributed by atoms with E-state index < -0.39 is 0 Å². The monoisotopic (exact) mass is 331 g/mol. The van der Waals surface area contributed by atoms with Crippen molar-refractivity contribution >= 4 is 5.96 Å². The molecule has 0 spiro atoms. The summed E-state index contributed by atoms with van der Waals surface area (Å²) >= 11 is 0. The number of aliphatic hydroxyl groups excluding tert-OH is 1.